The smallest absolute Gasteiger partial charge is 0.160 e. The zero-order valence-corrected chi connectivity index (χ0v) is 79.0. The Morgan fingerprint density at radius 3 is 0.701 bits per heavy atom. The van der Waals surface area contributed by atoms with E-state index in [1.54, 1.807) is 0 Å². The van der Waals surface area contributed by atoms with Crippen molar-refractivity contribution >= 4 is 151 Å². The number of thiophene rings is 2. The van der Waals surface area contributed by atoms with E-state index < -0.39 is 0 Å². The molecule has 0 fully saturated rings. The normalized spacial score (nSPS) is 11.6. The van der Waals surface area contributed by atoms with E-state index in [1.807, 2.05) is 126 Å². The Kier molecular flexibility index (Phi) is 21.1. The SMILES string of the molecule is c1ccc(-c2cc(-c3ccccc3)cc(-c3nc(-c4ccc5c(c4)oc4ccccc45)cc(-c4ccc5c(c4)oc4ccccc45)n3)c2)cc1.c1ccc(-c2ccc(-c3cccc(-c4cc(-c5ccc6c(c5)oc5ccccc56)nc(-c5ccc6c(c5)oc5ccccc56)n4)c3)cc2)cc1.c1ccc(-c2cccc(-c3nc(-c4ccc5c(c4)sc4ccccc45)cc(-c4ccc5c(c4)sc4ccccc45)n3)c2)cc1. The molecule has 0 bridgehead atoms. The van der Waals surface area contributed by atoms with Crippen molar-refractivity contribution in [2.45, 2.75) is 0 Å². The van der Waals surface area contributed by atoms with Crippen molar-refractivity contribution in [3.8, 4) is 157 Å². The van der Waals surface area contributed by atoms with Crippen LogP contribution in [-0.4, -0.2) is 29.9 Å². The Morgan fingerprint density at radius 2 is 0.326 bits per heavy atom. The van der Waals surface area contributed by atoms with Crippen LogP contribution in [0.1, 0.15) is 0 Å². The van der Waals surface area contributed by atoms with E-state index in [1.165, 1.54) is 57.0 Å². The molecule has 9 heterocycles. The minimum Gasteiger partial charge on any atom is -0.456 e. The van der Waals surface area contributed by atoms with Crippen molar-refractivity contribution in [3.63, 3.8) is 0 Å². The first kappa shape index (κ1) is 84.6. The minimum atomic E-state index is 0.627. The summed E-state index contributed by atoms with van der Waals surface area (Å²) in [6.07, 6.45) is 0. The fourth-order valence-electron chi connectivity index (χ4n) is 20.1. The molecular weight excluding hydrogens is 1800 g/mol. The van der Waals surface area contributed by atoms with E-state index in [4.69, 9.17) is 47.6 Å². The van der Waals surface area contributed by atoms with E-state index in [0.29, 0.717) is 11.6 Å². The first-order valence-corrected chi connectivity index (χ1v) is 49.7. The maximum absolute atomic E-state index is 6.29. The highest BCUT2D eigenvalue weighted by Crippen LogP contribution is 2.46. The fraction of sp³-hybridized carbons (Fsp3) is 0. The molecule has 144 heavy (non-hydrogen) atoms. The minimum absolute atomic E-state index is 0.627. The average molecular weight is 1880 g/mol. The van der Waals surface area contributed by atoms with Crippen LogP contribution in [0.5, 0.6) is 0 Å². The molecule has 0 radical (unpaired) electrons. The maximum atomic E-state index is 6.29. The third-order valence-corrected chi connectivity index (χ3v) is 29.6. The summed E-state index contributed by atoms with van der Waals surface area (Å²) >= 11 is 3.67. The van der Waals surface area contributed by atoms with Gasteiger partial charge in [-0.25, -0.2) is 29.9 Å². The summed E-state index contributed by atoms with van der Waals surface area (Å²) in [5, 5.41) is 13.9. The molecule has 20 aromatic carbocycles. The number of nitrogens with zero attached hydrogens (tertiary/aromatic N) is 6. The highest BCUT2D eigenvalue weighted by Gasteiger charge is 2.23. The summed E-state index contributed by atoms with van der Waals surface area (Å²) in [5.74, 6) is 1.99. The van der Waals surface area contributed by atoms with Gasteiger partial charge in [0.05, 0.1) is 34.2 Å². The lowest BCUT2D eigenvalue weighted by Gasteiger charge is -2.13. The average Bonchev–Trinajstić information content (AvgIpc) is 1.60. The Balaban J connectivity index is 0.000000108. The van der Waals surface area contributed by atoms with Gasteiger partial charge in [-0.2, -0.15) is 0 Å². The zero-order valence-electron chi connectivity index (χ0n) is 77.3. The molecule has 0 unspecified atom stereocenters. The third kappa shape index (κ3) is 16.0. The molecule has 10 nitrogen and oxygen atoms in total. The Morgan fingerprint density at radius 1 is 0.118 bits per heavy atom. The number of hydrogen-bond donors (Lipinski definition) is 0. The third-order valence-electron chi connectivity index (χ3n) is 27.3. The number of para-hydroxylation sites is 4. The standard InChI is InChI=1S/2C46H28N2O2.C40H24N2S2/c1-3-11-29(12-4-1)33-23-34(30-13-5-2-6-14-30)25-35(24-33)46-47-40(31-19-21-38-36-15-7-9-17-42(36)49-44(38)26-31)28-41(48-46)32-20-22-39-37-16-8-10-18-43(37)50-45(39)27-32;1-2-9-29(10-3-1)30-17-19-31(20-18-30)32-11-8-12-33(25-32)40-28-41(34-21-23-38-36-13-4-6-15-42(36)49-44(38)26-34)48-46(47-40)35-22-24-39-37-14-5-7-16-43(37)50-45(39)27-35;1-2-9-25(10-3-1)26-11-8-12-29(21-26)40-41-34(27-17-19-32-30-13-4-6-15-36(30)43-38(32)22-27)24-35(42-40)28-18-20-33-31-14-5-7-16-37(31)44-39(33)23-28/h2*1-28H;1-24H. The first-order valence-electron chi connectivity index (χ1n) is 48.1. The van der Waals surface area contributed by atoms with Crippen molar-refractivity contribution < 1.29 is 17.7 Å². The highest BCUT2D eigenvalue weighted by atomic mass is 32.1. The van der Waals surface area contributed by atoms with Crippen LogP contribution in [0.25, 0.3) is 285 Å². The molecule has 0 saturated carbocycles. The molecule has 9 aromatic heterocycles. The summed E-state index contributed by atoms with van der Waals surface area (Å²) in [5.41, 5.74) is 32.2. The van der Waals surface area contributed by atoms with E-state index >= 15 is 0 Å². The predicted octanol–water partition coefficient (Wildman–Crippen LogP) is 37.1. The number of benzene rings is 20. The first-order chi connectivity index (χ1) is 71.2. The number of fused-ring (bicyclic) bond motifs is 18. The zero-order chi connectivity index (χ0) is 95.1. The van der Waals surface area contributed by atoms with Gasteiger partial charge in [-0.05, 0) is 201 Å². The molecule has 12 heteroatoms. The molecule has 0 aliphatic rings. The second kappa shape index (κ2) is 35.9. The molecule has 0 aliphatic carbocycles. The largest absolute Gasteiger partial charge is 0.456 e. The lowest BCUT2D eigenvalue weighted by atomic mass is 9.95. The van der Waals surface area contributed by atoms with Gasteiger partial charge in [0.2, 0.25) is 0 Å². The Hall–Kier alpha value is -18.7. The van der Waals surface area contributed by atoms with Gasteiger partial charge in [-0.3, -0.25) is 0 Å². The van der Waals surface area contributed by atoms with E-state index in [9.17, 15) is 0 Å². The molecule has 674 valence electrons. The molecule has 0 atom stereocenters. The summed E-state index contributed by atoms with van der Waals surface area (Å²) < 4.78 is 30.3. The quantitative estimate of drug-likeness (QED) is 0.104. The number of aromatic nitrogens is 6. The molecule has 29 rings (SSSR count). The molecule has 0 N–H and O–H groups in total. The molecule has 0 spiro atoms. The molecule has 0 saturated heterocycles. The van der Waals surface area contributed by atoms with Crippen LogP contribution < -0.4 is 0 Å². The summed E-state index contributed by atoms with van der Waals surface area (Å²) in [6.45, 7) is 0. The second-order valence-electron chi connectivity index (χ2n) is 36.2. The van der Waals surface area contributed by atoms with Gasteiger partial charge in [0.25, 0.3) is 0 Å². The van der Waals surface area contributed by atoms with Crippen molar-refractivity contribution in [2.24, 2.45) is 0 Å². The van der Waals surface area contributed by atoms with E-state index in [-0.39, 0.29) is 0 Å². The van der Waals surface area contributed by atoms with Crippen molar-refractivity contribution in [3.05, 3.63) is 485 Å². The number of rotatable bonds is 14. The molecular formula is C132H80N6O4S2. The summed E-state index contributed by atoms with van der Waals surface area (Å²) in [4.78, 5) is 31.2. The predicted molar refractivity (Wildman–Crippen MR) is 597 cm³/mol. The van der Waals surface area contributed by atoms with Crippen LogP contribution in [0.15, 0.2) is 503 Å². The monoisotopic (exact) mass is 1880 g/mol. The maximum Gasteiger partial charge on any atom is 0.160 e. The van der Waals surface area contributed by atoms with Crippen molar-refractivity contribution in [2.75, 3.05) is 0 Å². The second-order valence-corrected chi connectivity index (χ2v) is 38.4. The van der Waals surface area contributed by atoms with Gasteiger partial charge in [-0.1, -0.05) is 340 Å². The Bertz CT molecular complexity index is 9610. The van der Waals surface area contributed by atoms with Crippen molar-refractivity contribution in [1.29, 1.82) is 0 Å². The Labute approximate surface area is 834 Å². The van der Waals surface area contributed by atoms with Crippen LogP contribution in [0.3, 0.4) is 0 Å². The van der Waals surface area contributed by atoms with Gasteiger partial charge in [-0.15, -0.1) is 22.7 Å². The van der Waals surface area contributed by atoms with Crippen LogP contribution >= 0.6 is 22.7 Å². The topological polar surface area (TPSA) is 130 Å². The number of hydrogen-bond acceptors (Lipinski definition) is 12. The van der Waals surface area contributed by atoms with Crippen LogP contribution in [0.2, 0.25) is 0 Å². The van der Waals surface area contributed by atoms with Crippen LogP contribution in [0, 0.1) is 0 Å². The highest BCUT2D eigenvalue weighted by molar-refractivity contribution is 7.26. The van der Waals surface area contributed by atoms with Gasteiger partial charge in [0, 0.05) is 134 Å². The van der Waals surface area contributed by atoms with E-state index in [2.05, 4.69) is 382 Å². The van der Waals surface area contributed by atoms with Crippen LogP contribution in [-0.2, 0) is 0 Å². The lowest BCUT2D eigenvalue weighted by molar-refractivity contribution is 0.668. The lowest BCUT2D eigenvalue weighted by Crippen LogP contribution is -1.97. The summed E-state index contributed by atoms with van der Waals surface area (Å²) in [6, 6.07) is 169. The van der Waals surface area contributed by atoms with Crippen molar-refractivity contribution in [1.82, 2.24) is 29.9 Å². The van der Waals surface area contributed by atoms with Gasteiger partial charge in [0.15, 0.2) is 17.5 Å². The van der Waals surface area contributed by atoms with Gasteiger partial charge < -0.3 is 17.7 Å². The molecule has 29 aromatic rings. The van der Waals surface area contributed by atoms with Gasteiger partial charge in [0.1, 0.15) is 44.7 Å². The molecule has 0 aliphatic heterocycles. The van der Waals surface area contributed by atoms with Crippen LogP contribution in [0.4, 0.5) is 0 Å². The van der Waals surface area contributed by atoms with E-state index in [0.717, 1.165) is 217 Å². The fourth-order valence-corrected chi connectivity index (χ4v) is 22.4. The summed E-state index contributed by atoms with van der Waals surface area (Å²) in [7, 11) is 0. The number of furan rings is 4. The molecule has 0 amide bonds. The van der Waals surface area contributed by atoms with Gasteiger partial charge >= 0.3 is 0 Å².